The predicted octanol–water partition coefficient (Wildman–Crippen LogP) is 3.45. The molecule has 0 radical (unpaired) electrons. The van der Waals surface area contributed by atoms with Crippen LogP contribution in [0.3, 0.4) is 0 Å². The van der Waals surface area contributed by atoms with Crippen molar-refractivity contribution in [2.45, 2.75) is 11.7 Å². The fourth-order valence-electron chi connectivity index (χ4n) is 2.98. The summed E-state index contributed by atoms with van der Waals surface area (Å²) >= 11 is 1.20. The number of benzene rings is 2. The average Bonchev–Trinajstić information content (AvgIpc) is 3.27. The lowest BCUT2D eigenvalue weighted by molar-refractivity contribution is -0.117. The number of carbonyl (C=O) groups excluding carboxylic acids is 2. The first-order valence-electron chi connectivity index (χ1n) is 9.86. The van der Waals surface area contributed by atoms with E-state index in [-0.39, 0.29) is 5.75 Å². The number of carbonyl (C=O) groups is 2. The van der Waals surface area contributed by atoms with Crippen LogP contribution in [-0.4, -0.2) is 37.4 Å². The third-order valence-corrected chi connectivity index (χ3v) is 5.40. The van der Waals surface area contributed by atoms with Crippen molar-refractivity contribution < 1.29 is 9.59 Å². The second-order valence-corrected chi connectivity index (χ2v) is 7.66. The molecule has 2 aromatic carbocycles. The van der Waals surface area contributed by atoms with Crippen molar-refractivity contribution >= 4 is 23.7 Å². The Bertz CT molecular complexity index is 1180. The van der Waals surface area contributed by atoms with Crippen LogP contribution in [0, 0.1) is 0 Å². The van der Waals surface area contributed by atoms with Crippen molar-refractivity contribution in [2.24, 2.45) is 0 Å². The molecule has 0 unspecified atom stereocenters. The zero-order valence-electron chi connectivity index (χ0n) is 17.0. The molecule has 160 valence electrons. The van der Waals surface area contributed by atoms with Gasteiger partial charge in [-0.25, -0.2) is 4.79 Å². The summed E-state index contributed by atoms with van der Waals surface area (Å²) in [5, 5.41) is 14.1. The standard InChI is InChI=1S/C23H20N6O2S/c30-20(26-22(31)25-15-17-7-3-1-4-8-17)16-32-23-28-27-21(18-11-13-24-14-12-18)29(23)19-9-5-2-6-10-19/h1-14H,15-16H2,(H2,25,26,30,31). The number of thioether (sulfide) groups is 1. The Hall–Kier alpha value is -3.98. The smallest absolute Gasteiger partial charge is 0.321 e. The molecule has 2 heterocycles. The van der Waals surface area contributed by atoms with Crippen molar-refractivity contribution in [3.63, 3.8) is 0 Å². The van der Waals surface area contributed by atoms with Gasteiger partial charge in [0.2, 0.25) is 5.91 Å². The summed E-state index contributed by atoms with van der Waals surface area (Å²) in [6, 6.07) is 22.3. The number of nitrogens with zero attached hydrogens (tertiary/aromatic N) is 4. The van der Waals surface area contributed by atoms with Crippen LogP contribution >= 0.6 is 11.8 Å². The highest BCUT2D eigenvalue weighted by Crippen LogP contribution is 2.27. The topological polar surface area (TPSA) is 102 Å². The van der Waals surface area contributed by atoms with Crippen molar-refractivity contribution in [2.75, 3.05) is 5.75 Å². The van der Waals surface area contributed by atoms with E-state index in [1.165, 1.54) is 11.8 Å². The lowest BCUT2D eigenvalue weighted by Crippen LogP contribution is -2.40. The molecule has 0 spiro atoms. The number of imide groups is 1. The third kappa shape index (κ3) is 5.38. The molecule has 0 aliphatic rings. The second kappa shape index (κ2) is 10.4. The molecule has 9 heteroatoms. The number of hydrogen-bond acceptors (Lipinski definition) is 6. The van der Waals surface area contributed by atoms with Crippen LogP contribution in [0.2, 0.25) is 0 Å². The maximum atomic E-state index is 12.3. The molecule has 0 saturated carbocycles. The molecular weight excluding hydrogens is 424 g/mol. The van der Waals surface area contributed by atoms with Crippen LogP contribution in [0.4, 0.5) is 4.79 Å². The SMILES string of the molecule is O=C(CSc1nnc(-c2ccncc2)n1-c1ccccc1)NC(=O)NCc1ccccc1. The number of urea groups is 1. The van der Waals surface area contributed by atoms with E-state index in [2.05, 4.69) is 25.8 Å². The van der Waals surface area contributed by atoms with Crippen LogP contribution in [-0.2, 0) is 11.3 Å². The van der Waals surface area contributed by atoms with E-state index in [9.17, 15) is 9.59 Å². The van der Waals surface area contributed by atoms with Gasteiger partial charge in [-0.2, -0.15) is 0 Å². The molecule has 0 atom stereocenters. The number of rotatable bonds is 7. The molecule has 2 aromatic heterocycles. The zero-order chi connectivity index (χ0) is 22.2. The summed E-state index contributed by atoms with van der Waals surface area (Å²) in [7, 11) is 0. The number of hydrogen-bond donors (Lipinski definition) is 2. The van der Waals surface area contributed by atoms with E-state index in [1.807, 2.05) is 77.4 Å². The van der Waals surface area contributed by atoms with Crippen LogP contribution in [0.5, 0.6) is 0 Å². The Kier molecular flexibility index (Phi) is 6.88. The normalized spacial score (nSPS) is 10.5. The molecule has 0 saturated heterocycles. The molecule has 32 heavy (non-hydrogen) atoms. The highest BCUT2D eigenvalue weighted by atomic mass is 32.2. The molecule has 0 aliphatic heterocycles. The van der Waals surface area contributed by atoms with Gasteiger partial charge in [0.15, 0.2) is 11.0 Å². The largest absolute Gasteiger partial charge is 0.334 e. The maximum Gasteiger partial charge on any atom is 0.321 e. The predicted molar refractivity (Wildman–Crippen MR) is 122 cm³/mol. The first kappa shape index (κ1) is 21.3. The summed E-state index contributed by atoms with van der Waals surface area (Å²) in [6.07, 6.45) is 3.38. The number of pyridine rings is 1. The lowest BCUT2D eigenvalue weighted by atomic mass is 10.2. The molecular formula is C23H20N6O2S. The second-order valence-electron chi connectivity index (χ2n) is 6.72. The molecule has 2 N–H and O–H groups in total. The fourth-order valence-corrected chi connectivity index (χ4v) is 3.73. The molecule has 3 amide bonds. The van der Waals surface area contributed by atoms with Gasteiger partial charge in [-0.05, 0) is 29.8 Å². The van der Waals surface area contributed by atoms with Crippen molar-refractivity contribution in [3.8, 4) is 17.1 Å². The van der Waals surface area contributed by atoms with E-state index in [0.717, 1.165) is 16.8 Å². The summed E-state index contributed by atoms with van der Waals surface area (Å²) in [6.45, 7) is 0.338. The molecule has 0 aliphatic carbocycles. The maximum absolute atomic E-state index is 12.3. The van der Waals surface area contributed by atoms with Gasteiger partial charge in [-0.15, -0.1) is 10.2 Å². The summed E-state index contributed by atoms with van der Waals surface area (Å²) in [4.78, 5) is 28.4. The number of amides is 3. The molecule has 4 aromatic rings. The average molecular weight is 445 g/mol. The Balaban J connectivity index is 1.42. The van der Waals surface area contributed by atoms with E-state index >= 15 is 0 Å². The Morgan fingerprint density at radius 1 is 0.875 bits per heavy atom. The monoisotopic (exact) mass is 444 g/mol. The summed E-state index contributed by atoms with van der Waals surface area (Å²) in [5.74, 6) is 0.232. The third-order valence-electron chi connectivity index (χ3n) is 4.47. The minimum Gasteiger partial charge on any atom is -0.334 e. The highest BCUT2D eigenvalue weighted by molar-refractivity contribution is 7.99. The van der Waals surface area contributed by atoms with Gasteiger partial charge in [0.25, 0.3) is 0 Å². The van der Waals surface area contributed by atoms with Gasteiger partial charge in [0.05, 0.1) is 5.75 Å². The first-order valence-corrected chi connectivity index (χ1v) is 10.8. The van der Waals surface area contributed by atoms with Crippen molar-refractivity contribution in [1.29, 1.82) is 0 Å². The number of nitrogens with one attached hydrogen (secondary N) is 2. The quantitative estimate of drug-likeness (QED) is 0.424. The molecule has 0 bridgehead atoms. The van der Waals surface area contributed by atoms with Gasteiger partial charge < -0.3 is 5.32 Å². The highest BCUT2D eigenvalue weighted by Gasteiger charge is 2.17. The minimum atomic E-state index is -0.540. The fraction of sp³-hybridized carbons (Fsp3) is 0.0870. The van der Waals surface area contributed by atoms with Crippen LogP contribution in [0.1, 0.15) is 5.56 Å². The number of aromatic nitrogens is 4. The lowest BCUT2D eigenvalue weighted by Gasteiger charge is -2.10. The van der Waals surface area contributed by atoms with E-state index < -0.39 is 11.9 Å². The summed E-state index contributed by atoms with van der Waals surface area (Å²) < 4.78 is 1.88. The van der Waals surface area contributed by atoms with Gasteiger partial charge >= 0.3 is 6.03 Å². The Morgan fingerprint density at radius 2 is 1.56 bits per heavy atom. The van der Waals surface area contributed by atoms with Gasteiger partial charge in [-0.1, -0.05) is 60.3 Å². The minimum absolute atomic E-state index is 0.0140. The van der Waals surface area contributed by atoms with Crippen LogP contribution < -0.4 is 10.6 Å². The molecule has 0 fully saturated rings. The van der Waals surface area contributed by atoms with Gasteiger partial charge in [-0.3, -0.25) is 19.7 Å². The molecule has 8 nitrogen and oxygen atoms in total. The molecule has 4 rings (SSSR count). The Morgan fingerprint density at radius 3 is 2.28 bits per heavy atom. The zero-order valence-corrected chi connectivity index (χ0v) is 17.8. The Labute approximate surface area is 189 Å². The van der Waals surface area contributed by atoms with Crippen molar-refractivity contribution in [3.05, 3.63) is 90.8 Å². The van der Waals surface area contributed by atoms with Crippen molar-refractivity contribution in [1.82, 2.24) is 30.4 Å². The van der Waals surface area contributed by atoms with Crippen LogP contribution in [0.25, 0.3) is 17.1 Å². The number of para-hydroxylation sites is 1. The van der Waals surface area contributed by atoms with Crippen LogP contribution in [0.15, 0.2) is 90.3 Å². The van der Waals surface area contributed by atoms with E-state index in [0.29, 0.717) is 17.5 Å². The van der Waals surface area contributed by atoms with Gasteiger partial charge in [0, 0.05) is 30.2 Å². The first-order chi connectivity index (χ1) is 15.7. The summed E-state index contributed by atoms with van der Waals surface area (Å²) in [5.41, 5.74) is 2.67. The van der Waals surface area contributed by atoms with Gasteiger partial charge in [0.1, 0.15) is 0 Å². The van der Waals surface area contributed by atoms with E-state index in [4.69, 9.17) is 0 Å². The van der Waals surface area contributed by atoms with E-state index in [1.54, 1.807) is 12.4 Å².